The van der Waals surface area contributed by atoms with Crippen molar-refractivity contribution in [2.45, 2.75) is 24.7 Å². The molecule has 0 bridgehead atoms. The first-order valence-electron chi connectivity index (χ1n) is 9.03. The smallest absolute Gasteiger partial charge is 0.222 e. The Hall–Kier alpha value is -3.42. The van der Waals surface area contributed by atoms with Gasteiger partial charge in [0.2, 0.25) is 12.4 Å². The molecule has 142 valence electrons. The number of nitrogens with zero attached hydrogens (tertiary/aromatic N) is 5. The molecule has 1 aliphatic carbocycles. The number of nitrogens with one attached hydrogen (secondary N) is 1. The molecule has 1 saturated carbocycles. The van der Waals surface area contributed by atoms with E-state index < -0.39 is 0 Å². The fraction of sp³-hybridized carbons (Fsp3) is 0.250. The number of hydrogen-bond acceptors (Lipinski definition) is 6. The molecule has 1 N–H and O–H groups in total. The minimum atomic E-state index is -0.334. The van der Waals surface area contributed by atoms with Gasteiger partial charge in [0.05, 0.1) is 29.5 Å². The lowest BCUT2D eigenvalue weighted by atomic mass is 9.66. The van der Waals surface area contributed by atoms with Crippen molar-refractivity contribution in [3.05, 3.63) is 66.8 Å². The summed E-state index contributed by atoms with van der Waals surface area (Å²) in [5.74, 6) is 0.145. The second-order valence-corrected chi connectivity index (χ2v) is 6.77. The molecular weight excluding hydrogens is 359 g/mol. The van der Waals surface area contributed by atoms with E-state index in [1.54, 1.807) is 49.2 Å². The molecule has 1 fully saturated rings. The molecule has 1 amide bonds. The van der Waals surface area contributed by atoms with Crippen molar-refractivity contribution in [2.75, 3.05) is 16.8 Å². The average Bonchev–Trinajstić information content (AvgIpc) is 2.71. The van der Waals surface area contributed by atoms with Gasteiger partial charge in [0.25, 0.3) is 0 Å². The van der Waals surface area contributed by atoms with Crippen LogP contribution in [0.5, 0.6) is 0 Å². The summed E-state index contributed by atoms with van der Waals surface area (Å²) in [5, 5.41) is 3.19. The number of halogens is 1. The van der Waals surface area contributed by atoms with Crippen LogP contribution in [0.3, 0.4) is 0 Å². The van der Waals surface area contributed by atoms with E-state index in [4.69, 9.17) is 0 Å². The second-order valence-electron chi connectivity index (χ2n) is 6.77. The maximum absolute atomic E-state index is 14.2. The molecule has 3 heterocycles. The van der Waals surface area contributed by atoms with Gasteiger partial charge in [-0.1, -0.05) is 6.42 Å². The SMILES string of the molecule is O=CN(c1ccncc1)c1cnc(NCC2(c3ncccc3F)CCC2)nc1. The zero-order chi connectivity index (χ0) is 19.4. The lowest BCUT2D eigenvalue weighted by Gasteiger charge is -2.41. The van der Waals surface area contributed by atoms with Gasteiger partial charge in [-0.2, -0.15) is 0 Å². The van der Waals surface area contributed by atoms with E-state index in [9.17, 15) is 9.18 Å². The number of carbonyl (C=O) groups is 1. The molecule has 0 atom stereocenters. The molecule has 0 aromatic carbocycles. The van der Waals surface area contributed by atoms with Gasteiger partial charge < -0.3 is 5.32 Å². The number of amides is 1. The van der Waals surface area contributed by atoms with Crippen molar-refractivity contribution >= 4 is 23.7 Å². The molecule has 0 spiro atoms. The van der Waals surface area contributed by atoms with Crippen molar-refractivity contribution < 1.29 is 9.18 Å². The minimum absolute atomic E-state index is 0.278. The molecule has 3 aromatic heterocycles. The summed E-state index contributed by atoms with van der Waals surface area (Å²) >= 11 is 0. The number of rotatable bonds is 7. The van der Waals surface area contributed by atoms with Crippen LogP contribution in [0.1, 0.15) is 25.0 Å². The highest BCUT2D eigenvalue weighted by Gasteiger charge is 2.41. The molecule has 0 unspecified atom stereocenters. The van der Waals surface area contributed by atoms with Gasteiger partial charge >= 0.3 is 0 Å². The van der Waals surface area contributed by atoms with E-state index >= 15 is 0 Å². The fourth-order valence-electron chi connectivity index (χ4n) is 3.44. The van der Waals surface area contributed by atoms with Crippen LogP contribution in [-0.2, 0) is 10.2 Å². The second kappa shape index (κ2) is 7.67. The summed E-state index contributed by atoms with van der Waals surface area (Å²) in [6.45, 7) is 0.502. The molecule has 0 aliphatic heterocycles. The normalized spacial score (nSPS) is 14.8. The number of anilines is 3. The predicted molar refractivity (Wildman–Crippen MR) is 103 cm³/mol. The lowest BCUT2D eigenvalue weighted by Crippen LogP contribution is -2.42. The van der Waals surface area contributed by atoms with Crippen LogP contribution < -0.4 is 10.2 Å². The van der Waals surface area contributed by atoms with E-state index in [-0.39, 0.29) is 11.2 Å². The van der Waals surface area contributed by atoms with Crippen molar-refractivity contribution in [3.63, 3.8) is 0 Å². The van der Waals surface area contributed by atoms with E-state index in [0.29, 0.717) is 36.0 Å². The van der Waals surface area contributed by atoms with Crippen LogP contribution in [0.15, 0.2) is 55.2 Å². The standard InChI is InChI=1S/C20H19FN6O/c21-17-3-1-8-23-18(17)20(6-2-7-20)13-26-19-24-11-16(12-25-19)27(14-28)15-4-9-22-10-5-15/h1,3-5,8-12,14H,2,6-7,13H2,(H,24,25,26). The summed E-state index contributed by atoms with van der Waals surface area (Å²) in [7, 11) is 0. The first-order valence-corrected chi connectivity index (χ1v) is 9.03. The van der Waals surface area contributed by atoms with Gasteiger partial charge in [-0.15, -0.1) is 0 Å². The number of hydrogen-bond donors (Lipinski definition) is 1. The third-order valence-corrected chi connectivity index (χ3v) is 5.12. The minimum Gasteiger partial charge on any atom is -0.353 e. The van der Waals surface area contributed by atoms with Crippen molar-refractivity contribution in [1.29, 1.82) is 0 Å². The number of carbonyl (C=O) groups excluding carboxylic acids is 1. The Morgan fingerprint density at radius 2 is 1.82 bits per heavy atom. The van der Waals surface area contributed by atoms with Crippen molar-refractivity contribution in [2.24, 2.45) is 0 Å². The molecule has 0 radical (unpaired) electrons. The van der Waals surface area contributed by atoms with Gasteiger partial charge in [-0.3, -0.25) is 19.7 Å². The predicted octanol–water partition coefficient (Wildman–Crippen LogP) is 3.23. The van der Waals surface area contributed by atoms with Gasteiger partial charge in [-0.05, 0) is 37.1 Å². The largest absolute Gasteiger partial charge is 0.353 e. The van der Waals surface area contributed by atoms with Crippen molar-refractivity contribution in [1.82, 2.24) is 19.9 Å². The topological polar surface area (TPSA) is 83.9 Å². The molecule has 28 heavy (non-hydrogen) atoms. The van der Waals surface area contributed by atoms with E-state index in [1.807, 2.05) is 0 Å². The molecule has 3 aromatic rings. The van der Waals surface area contributed by atoms with Crippen LogP contribution >= 0.6 is 0 Å². The zero-order valence-electron chi connectivity index (χ0n) is 15.1. The maximum atomic E-state index is 14.2. The monoisotopic (exact) mass is 378 g/mol. The highest BCUT2D eigenvalue weighted by molar-refractivity contribution is 5.85. The summed E-state index contributed by atoms with van der Waals surface area (Å²) < 4.78 is 14.2. The van der Waals surface area contributed by atoms with Crippen LogP contribution in [0.2, 0.25) is 0 Å². The Morgan fingerprint density at radius 3 is 2.43 bits per heavy atom. The average molecular weight is 378 g/mol. The Morgan fingerprint density at radius 1 is 1.07 bits per heavy atom. The molecule has 7 nitrogen and oxygen atoms in total. The van der Waals surface area contributed by atoms with E-state index in [2.05, 4.69) is 25.3 Å². The first kappa shape index (κ1) is 18.0. The highest BCUT2D eigenvalue weighted by atomic mass is 19.1. The summed E-state index contributed by atoms with van der Waals surface area (Å²) in [4.78, 5) is 29.7. The Balaban J connectivity index is 1.48. The molecule has 8 heteroatoms. The number of aromatic nitrogens is 4. The van der Waals surface area contributed by atoms with E-state index in [0.717, 1.165) is 19.3 Å². The Labute approximate surface area is 161 Å². The zero-order valence-corrected chi connectivity index (χ0v) is 15.1. The maximum Gasteiger partial charge on any atom is 0.222 e. The third-order valence-electron chi connectivity index (χ3n) is 5.12. The van der Waals surface area contributed by atoms with E-state index in [1.165, 1.54) is 11.0 Å². The Kier molecular flexibility index (Phi) is 4.92. The lowest BCUT2D eigenvalue weighted by molar-refractivity contribution is -0.106. The summed E-state index contributed by atoms with van der Waals surface area (Å²) in [6, 6.07) is 6.49. The molecule has 1 aliphatic rings. The molecule has 4 rings (SSSR count). The van der Waals surface area contributed by atoms with Gasteiger partial charge in [0.15, 0.2) is 0 Å². The van der Waals surface area contributed by atoms with Gasteiger partial charge in [-0.25, -0.2) is 14.4 Å². The van der Waals surface area contributed by atoms with Gasteiger partial charge in [0.1, 0.15) is 5.82 Å². The molecule has 0 saturated heterocycles. The van der Waals surface area contributed by atoms with Crippen molar-refractivity contribution in [3.8, 4) is 0 Å². The number of pyridine rings is 2. The summed E-state index contributed by atoms with van der Waals surface area (Å²) in [6.07, 6.45) is 11.5. The highest BCUT2D eigenvalue weighted by Crippen LogP contribution is 2.43. The quantitative estimate of drug-likeness (QED) is 0.636. The van der Waals surface area contributed by atoms with Crippen LogP contribution in [0.4, 0.5) is 21.7 Å². The summed E-state index contributed by atoms with van der Waals surface area (Å²) in [5.41, 5.74) is 1.38. The van der Waals surface area contributed by atoms with Crippen LogP contribution in [-0.4, -0.2) is 32.9 Å². The molecular formula is C20H19FN6O. The Bertz CT molecular complexity index is 946. The fourth-order valence-corrected chi connectivity index (χ4v) is 3.44. The van der Waals surface area contributed by atoms with Crippen LogP contribution in [0, 0.1) is 5.82 Å². The third kappa shape index (κ3) is 3.40. The van der Waals surface area contributed by atoms with Gasteiger partial charge in [0, 0.05) is 30.6 Å². The van der Waals surface area contributed by atoms with Crippen LogP contribution in [0.25, 0.3) is 0 Å². The first-order chi connectivity index (χ1) is 13.7.